The van der Waals surface area contributed by atoms with Gasteiger partial charge in [-0.2, -0.15) is 0 Å². The molecule has 3 N–H and O–H groups in total. The lowest BCUT2D eigenvalue weighted by Gasteiger charge is -2.26. The van der Waals surface area contributed by atoms with Gasteiger partial charge >= 0.3 is 6.09 Å². The number of aryl methyl sites for hydroxylation is 1. The van der Waals surface area contributed by atoms with Crippen molar-refractivity contribution in [1.29, 1.82) is 0 Å². The lowest BCUT2D eigenvalue weighted by Crippen LogP contribution is -2.40. The summed E-state index contributed by atoms with van der Waals surface area (Å²) in [6, 6.07) is 22.4. The lowest BCUT2D eigenvalue weighted by atomic mass is 10.1. The molecule has 10 nitrogen and oxygen atoms in total. The molecule has 2 fully saturated rings. The molecule has 1 saturated heterocycles. The van der Waals surface area contributed by atoms with Crippen LogP contribution in [0.2, 0.25) is 0 Å². The van der Waals surface area contributed by atoms with Crippen LogP contribution in [0.1, 0.15) is 44.7 Å². The summed E-state index contributed by atoms with van der Waals surface area (Å²) < 4.78 is 11.1. The third kappa shape index (κ3) is 7.24. The average Bonchev–Trinajstić information content (AvgIpc) is 3.79. The van der Waals surface area contributed by atoms with Gasteiger partial charge in [0.25, 0.3) is 11.8 Å². The molecule has 0 radical (unpaired) electrons. The number of benzene rings is 3. The van der Waals surface area contributed by atoms with Crippen LogP contribution >= 0.6 is 11.3 Å². The summed E-state index contributed by atoms with van der Waals surface area (Å²) in [5.41, 5.74) is 4.85. The molecule has 0 bridgehead atoms. The number of ether oxygens (including phenoxy) is 2. The van der Waals surface area contributed by atoms with Crippen molar-refractivity contribution in [2.75, 3.05) is 31.6 Å². The van der Waals surface area contributed by atoms with Crippen molar-refractivity contribution in [2.45, 2.75) is 32.4 Å². The summed E-state index contributed by atoms with van der Waals surface area (Å²) in [5, 5.41) is 9.90. The van der Waals surface area contributed by atoms with Crippen LogP contribution in [0, 0.1) is 6.92 Å². The SMILES string of the molecule is Cc1ccc(C(=O)NC2CC2)cc1Nc1nc(-c2ccc(C(=O)N3CCOCC3)cc2)c(OC(=O)NCc2ccccc2)s1. The van der Waals surface area contributed by atoms with Crippen LogP contribution in [-0.2, 0) is 11.3 Å². The summed E-state index contributed by atoms with van der Waals surface area (Å²) in [7, 11) is 0. The predicted octanol–water partition coefficient (Wildman–Crippen LogP) is 5.52. The fourth-order valence-electron chi connectivity index (χ4n) is 4.73. The van der Waals surface area contributed by atoms with Crippen molar-refractivity contribution in [3.8, 4) is 16.3 Å². The number of amides is 3. The van der Waals surface area contributed by atoms with Gasteiger partial charge < -0.3 is 30.3 Å². The quantitative estimate of drug-likeness (QED) is 0.228. The number of rotatable bonds is 9. The number of thiazole rings is 1. The van der Waals surface area contributed by atoms with E-state index in [1.807, 2.05) is 43.3 Å². The van der Waals surface area contributed by atoms with Crippen molar-refractivity contribution >= 4 is 40.1 Å². The lowest BCUT2D eigenvalue weighted by molar-refractivity contribution is 0.0303. The Bertz CT molecular complexity index is 1650. The first-order valence-corrected chi connectivity index (χ1v) is 15.4. The first-order chi connectivity index (χ1) is 21.4. The highest BCUT2D eigenvalue weighted by molar-refractivity contribution is 7.18. The number of nitrogens with one attached hydrogen (secondary N) is 3. The molecule has 1 aromatic heterocycles. The maximum atomic E-state index is 13.0. The summed E-state index contributed by atoms with van der Waals surface area (Å²) in [6.45, 7) is 4.42. The monoisotopic (exact) mass is 611 g/mol. The van der Waals surface area contributed by atoms with Crippen molar-refractivity contribution in [1.82, 2.24) is 20.5 Å². The molecule has 3 amide bonds. The average molecular weight is 612 g/mol. The molecule has 4 aromatic rings. The molecule has 3 aromatic carbocycles. The van der Waals surface area contributed by atoms with E-state index in [4.69, 9.17) is 14.5 Å². The van der Waals surface area contributed by atoms with Gasteiger partial charge in [-0.3, -0.25) is 9.59 Å². The highest BCUT2D eigenvalue weighted by atomic mass is 32.1. The molecule has 11 heteroatoms. The van der Waals surface area contributed by atoms with Crippen LogP contribution in [0.4, 0.5) is 15.6 Å². The number of aromatic nitrogens is 1. The largest absolute Gasteiger partial charge is 0.413 e. The van der Waals surface area contributed by atoms with Gasteiger partial charge in [-0.15, -0.1) is 0 Å². The van der Waals surface area contributed by atoms with Gasteiger partial charge in [0, 0.05) is 48.1 Å². The first kappa shape index (κ1) is 29.3. The first-order valence-electron chi connectivity index (χ1n) is 14.6. The minimum Gasteiger partial charge on any atom is -0.397 e. The standard InChI is InChI=1S/C33H33N5O5S/c1-21-7-8-25(29(39)35-26-13-14-26)19-27(21)36-32-37-28(31(44-32)43-33(41)34-20-22-5-3-2-4-6-22)23-9-11-24(12-10-23)30(40)38-15-17-42-18-16-38/h2-12,19,26H,13-18,20H2,1H3,(H,34,41)(H,35,39)(H,36,37). The normalized spacial score (nSPS) is 14.5. The Morgan fingerprint density at radius 1 is 0.977 bits per heavy atom. The molecule has 2 heterocycles. The Morgan fingerprint density at radius 2 is 1.70 bits per heavy atom. The van der Waals surface area contributed by atoms with Gasteiger partial charge in [-0.25, -0.2) is 9.78 Å². The van der Waals surface area contributed by atoms with Crippen LogP contribution < -0.4 is 20.7 Å². The molecule has 226 valence electrons. The van der Waals surface area contributed by atoms with Gasteiger partial charge in [-0.1, -0.05) is 59.9 Å². The maximum Gasteiger partial charge on any atom is 0.413 e. The molecule has 1 aliphatic heterocycles. The number of hydrogen-bond acceptors (Lipinski definition) is 8. The second kappa shape index (κ2) is 13.3. The van der Waals surface area contributed by atoms with Crippen LogP contribution in [0.25, 0.3) is 11.3 Å². The second-order valence-corrected chi connectivity index (χ2v) is 11.7. The Labute approximate surface area is 259 Å². The molecule has 1 aliphatic carbocycles. The van der Waals surface area contributed by atoms with E-state index in [9.17, 15) is 14.4 Å². The number of morpholine rings is 1. The van der Waals surface area contributed by atoms with Crippen LogP contribution in [0.15, 0.2) is 72.8 Å². The van der Waals surface area contributed by atoms with Crippen LogP contribution in [0.5, 0.6) is 5.06 Å². The number of nitrogens with zero attached hydrogens (tertiary/aromatic N) is 2. The minimum atomic E-state index is -0.612. The topological polar surface area (TPSA) is 122 Å². The summed E-state index contributed by atoms with van der Waals surface area (Å²) in [6.07, 6.45) is 1.41. The van der Waals surface area contributed by atoms with Gasteiger partial charge in [0.05, 0.1) is 13.2 Å². The Hall–Kier alpha value is -4.74. The van der Waals surface area contributed by atoms with Crippen molar-refractivity contribution < 1.29 is 23.9 Å². The smallest absolute Gasteiger partial charge is 0.397 e. The highest BCUT2D eigenvalue weighted by Crippen LogP contribution is 2.40. The molecule has 0 unspecified atom stereocenters. The predicted molar refractivity (Wildman–Crippen MR) is 169 cm³/mol. The third-order valence-electron chi connectivity index (χ3n) is 7.42. The molecule has 1 saturated carbocycles. The van der Waals surface area contributed by atoms with Gasteiger partial charge in [0.1, 0.15) is 5.69 Å². The second-order valence-electron chi connectivity index (χ2n) is 10.8. The molecule has 6 rings (SSSR count). The molecular weight excluding hydrogens is 578 g/mol. The van der Waals surface area contributed by atoms with Crippen molar-refractivity contribution in [3.05, 3.63) is 95.1 Å². The van der Waals surface area contributed by atoms with Crippen molar-refractivity contribution in [2.24, 2.45) is 0 Å². The van der Waals surface area contributed by atoms with E-state index >= 15 is 0 Å². The van der Waals surface area contributed by atoms with E-state index < -0.39 is 6.09 Å². The van der Waals surface area contributed by atoms with Gasteiger partial charge in [-0.05, 0) is 55.2 Å². The van der Waals surface area contributed by atoms with E-state index in [1.165, 1.54) is 11.3 Å². The Balaban J connectivity index is 1.24. The zero-order valence-corrected chi connectivity index (χ0v) is 25.1. The zero-order chi connectivity index (χ0) is 30.5. The minimum absolute atomic E-state index is 0.0571. The van der Waals surface area contributed by atoms with E-state index in [0.717, 1.165) is 29.7 Å². The molecule has 0 atom stereocenters. The van der Waals surface area contributed by atoms with Gasteiger partial charge in [0.2, 0.25) is 5.06 Å². The fourth-order valence-corrected chi connectivity index (χ4v) is 5.58. The van der Waals surface area contributed by atoms with Crippen LogP contribution in [0.3, 0.4) is 0 Å². The molecule has 0 spiro atoms. The summed E-state index contributed by atoms with van der Waals surface area (Å²) >= 11 is 1.18. The van der Waals surface area contributed by atoms with E-state index in [-0.39, 0.29) is 17.9 Å². The Kier molecular flexibility index (Phi) is 8.85. The van der Waals surface area contributed by atoms with E-state index in [2.05, 4.69) is 16.0 Å². The molecule has 44 heavy (non-hydrogen) atoms. The van der Waals surface area contributed by atoms with E-state index in [0.29, 0.717) is 65.4 Å². The molecule has 2 aliphatic rings. The summed E-state index contributed by atoms with van der Waals surface area (Å²) in [5.74, 6) is -0.167. The number of carbonyl (C=O) groups excluding carboxylic acids is 3. The zero-order valence-electron chi connectivity index (χ0n) is 24.3. The number of anilines is 2. The summed E-state index contributed by atoms with van der Waals surface area (Å²) in [4.78, 5) is 45.0. The van der Waals surface area contributed by atoms with Crippen molar-refractivity contribution in [3.63, 3.8) is 0 Å². The number of hydrogen-bond donors (Lipinski definition) is 3. The highest BCUT2D eigenvalue weighted by Gasteiger charge is 2.25. The molecular formula is C33H33N5O5S. The number of carbonyl (C=O) groups is 3. The van der Waals surface area contributed by atoms with Crippen LogP contribution in [-0.4, -0.2) is 60.1 Å². The third-order valence-corrected chi connectivity index (χ3v) is 8.27. The van der Waals surface area contributed by atoms with Gasteiger partial charge in [0.15, 0.2) is 5.13 Å². The van der Waals surface area contributed by atoms with E-state index in [1.54, 1.807) is 41.3 Å². The fraction of sp³-hybridized carbons (Fsp3) is 0.273. The maximum absolute atomic E-state index is 13.0. The Morgan fingerprint density at radius 3 is 2.43 bits per heavy atom.